The van der Waals surface area contributed by atoms with E-state index in [4.69, 9.17) is 15.6 Å². The Hall–Kier alpha value is -4.43. The van der Waals surface area contributed by atoms with E-state index in [1.54, 1.807) is 30.3 Å². The van der Waals surface area contributed by atoms with Crippen LogP contribution in [0.1, 0.15) is 24.9 Å². The number of hydrogen-bond acceptors (Lipinski definition) is 8. The first-order valence-corrected chi connectivity index (χ1v) is 11.8. The number of halogens is 3. The highest BCUT2D eigenvalue weighted by atomic mass is 32.1. The molecule has 2 amide bonds. The number of nitrogens with two attached hydrogens (primary N) is 1. The van der Waals surface area contributed by atoms with Crippen molar-refractivity contribution in [1.82, 2.24) is 10.6 Å². The van der Waals surface area contributed by atoms with E-state index in [9.17, 15) is 32.7 Å². The van der Waals surface area contributed by atoms with Gasteiger partial charge in [-0.3, -0.25) is 9.59 Å². The SMILES string of the molecule is COC(=O)[C@H](CN)NC(=O)c1sc(C(=O)NCc2cccc(O)c2)cc1-c1ccccc1.O=C(O)C(F)(F)F. The minimum Gasteiger partial charge on any atom is -0.508 e. The smallest absolute Gasteiger partial charge is 0.490 e. The van der Waals surface area contributed by atoms with Crippen molar-refractivity contribution < 1.29 is 47.3 Å². The van der Waals surface area contributed by atoms with Gasteiger partial charge in [0.1, 0.15) is 16.7 Å². The number of aromatic hydroxyl groups is 1. The summed E-state index contributed by atoms with van der Waals surface area (Å²) in [7, 11) is 1.21. The largest absolute Gasteiger partial charge is 0.508 e. The third kappa shape index (κ3) is 9.12. The fraction of sp³-hybridized carbons (Fsp3) is 0.200. The lowest BCUT2D eigenvalue weighted by molar-refractivity contribution is -0.192. The van der Waals surface area contributed by atoms with Crippen LogP contribution < -0.4 is 16.4 Å². The molecule has 0 radical (unpaired) electrons. The lowest BCUT2D eigenvalue weighted by Gasteiger charge is -2.14. The third-order valence-corrected chi connectivity index (χ3v) is 6.01. The minimum atomic E-state index is -5.08. The van der Waals surface area contributed by atoms with Gasteiger partial charge in [-0.15, -0.1) is 11.3 Å². The van der Waals surface area contributed by atoms with Crippen LogP contribution in [0.5, 0.6) is 5.75 Å². The number of nitrogens with one attached hydrogen (secondary N) is 2. The van der Waals surface area contributed by atoms with Crippen molar-refractivity contribution in [1.29, 1.82) is 0 Å². The van der Waals surface area contributed by atoms with Gasteiger partial charge in [0, 0.05) is 18.7 Å². The number of rotatable bonds is 8. The molecule has 0 saturated heterocycles. The summed E-state index contributed by atoms with van der Waals surface area (Å²) in [6.45, 7) is 0.0899. The van der Waals surface area contributed by atoms with Crippen molar-refractivity contribution >= 4 is 35.1 Å². The van der Waals surface area contributed by atoms with Gasteiger partial charge in [0.05, 0.1) is 12.0 Å². The number of ether oxygens (including phenoxy) is 1. The monoisotopic (exact) mass is 567 g/mol. The van der Waals surface area contributed by atoms with Gasteiger partial charge < -0.3 is 31.3 Å². The van der Waals surface area contributed by atoms with Crippen LogP contribution in [0.3, 0.4) is 0 Å². The summed E-state index contributed by atoms with van der Waals surface area (Å²) in [5.41, 5.74) is 7.64. The van der Waals surface area contributed by atoms with Crippen LogP contribution in [0.25, 0.3) is 11.1 Å². The second-order valence-electron chi connectivity index (χ2n) is 7.66. The van der Waals surface area contributed by atoms with E-state index < -0.39 is 30.1 Å². The average Bonchev–Trinajstić information content (AvgIpc) is 3.36. The fourth-order valence-corrected chi connectivity index (χ4v) is 4.02. The van der Waals surface area contributed by atoms with Crippen molar-refractivity contribution in [2.75, 3.05) is 13.7 Å². The predicted octanol–water partition coefficient (Wildman–Crippen LogP) is 2.91. The Morgan fingerprint density at radius 1 is 1.03 bits per heavy atom. The molecule has 0 aliphatic heterocycles. The molecule has 1 atom stereocenters. The van der Waals surface area contributed by atoms with E-state index in [1.165, 1.54) is 7.11 Å². The van der Waals surface area contributed by atoms with Gasteiger partial charge in [0.2, 0.25) is 0 Å². The number of benzene rings is 2. The summed E-state index contributed by atoms with van der Waals surface area (Å²) < 4.78 is 36.4. The molecule has 10 nitrogen and oxygen atoms in total. The van der Waals surface area contributed by atoms with Gasteiger partial charge in [-0.1, -0.05) is 42.5 Å². The van der Waals surface area contributed by atoms with Crippen LogP contribution in [0, 0.1) is 0 Å². The number of carboxylic acid groups (broad SMARTS) is 1. The molecule has 14 heteroatoms. The van der Waals surface area contributed by atoms with E-state index in [0.29, 0.717) is 10.4 Å². The summed E-state index contributed by atoms with van der Waals surface area (Å²) in [6.07, 6.45) is -5.08. The lowest BCUT2D eigenvalue weighted by Crippen LogP contribution is -2.46. The fourth-order valence-electron chi connectivity index (χ4n) is 3.02. The number of carboxylic acids is 1. The number of carbonyl (C=O) groups excluding carboxylic acids is 3. The zero-order valence-corrected chi connectivity index (χ0v) is 21.1. The number of phenolic OH excluding ortho intramolecular Hbond substituents is 1. The van der Waals surface area contributed by atoms with Crippen LogP contribution >= 0.6 is 11.3 Å². The highest BCUT2D eigenvalue weighted by Crippen LogP contribution is 2.32. The molecule has 0 spiro atoms. The van der Waals surface area contributed by atoms with Gasteiger partial charge in [-0.2, -0.15) is 13.2 Å². The standard InChI is InChI=1S/C23H23N3O5S.C2HF3O2/c1-31-23(30)18(12-24)26-22(29)20-17(15-7-3-2-4-8-15)11-19(32-20)21(28)25-13-14-6-5-9-16(27)10-14;3-2(4,5)1(6)7/h2-11,18,27H,12-13,24H2,1H3,(H,25,28)(H,26,29);(H,6,7)/t18-;/m0./s1. The van der Waals surface area contributed by atoms with Crippen LogP contribution in [0.15, 0.2) is 60.7 Å². The molecule has 0 saturated carbocycles. The first-order valence-electron chi connectivity index (χ1n) is 11.0. The van der Waals surface area contributed by atoms with Gasteiger partial charge in [0.25, 0.3) is 11.8 Å². The Labute approximate surface area is 224 Å². The number of phenols is 1. The molecule has 0 unspecified atom stereocenters. The molecule has 3 aromatic rings. The molecule has 1 aromatic heterocycles. The summed E-state index contributed by atoms with van der Waals surface area (Å²) in [6, 6.07) is 16.4. The number of methoxy groups -OCH3 is 1. The number of carbonyl (C=O) groups is 4. The molecular formula is C25H24F3N3O7S. The van der Waals surface area contributed by atoms with E-state index in [0.717, 1.165) is 22.5 Å². The van der Waals surface area contributed by atoms with Crippen molar-refractivity contribution in [3.63, 3.8) is 0 Å². The lowest BCUT2D eigenvalue weighted by atomic mass is 10.1. The number of hydrogen-bond donors (Lipinski definition) is 5. The maximum atomic E-state index is 13.0. The number of thiophene rings is 1. The maximum absolute atomic E-state index is 13.0. The molecule has 39 heavy (non-hydrogen) atoms. The molecule has 0 bridgehead atoms. The van der Waals surface area contributed by atoms with Gasteiger partial charge in [0.15, 0.2) is 0 Å². The molecule has 3 rings (SSSR count). The Bertz CT molecular complexity index is 1310. The molecule has 0 aliphatic carbocycles. The Balaban J connectivity index is 0.000000673. The van der Waals surface area contributed by atoms with E-state index in [1.807, 2.05) is 30.3 Å². The zero-order valence-electron chi connectivity index (χ0n) is 20.3. The number of alkyl halides is 3. The molecule has 0 aliphatic rings. The van der Waals surface area contributed by atoms with Gasteiger partial charge in [-0.25, -0.2) is 9.59 Å². The topological polar surface area (TPSA) is 168 Å². The number of esters is 1. The van der Waals surface area contributed by atoms with E-state index in [2.05, 4.69) is 15.4 Å². The number of amides is 2. The van der Waals surface area contributed by atoms with Gasteiger partial charge >= 0.3 is 18.1 Å². The van der Waals surface area contributed by atoms with Crippen molar-refractivity contribution in [2.24, 2.45) is 5.73 Å². The third-order valence-electron chi connectivity index (χ3n) is 4.88. The first-order chi connectivity index (χ1) is 18.4. The highest BCUT2D eigenvalue weighted by molar-refractivity contribution is 7.16. The summed E-state index contributed by atoms with van der Waals surface area (Å²) in [4.78, 5) is 47.1. The maximum Gasteiger partial charge on any atom is 0.490 e. The first kappa shape index (κ1) is 30.8. The quantitative estimate of drug-likeness (QED) is 0.259. The average molecular weight is 568 g/mol. The van der Waals surface area contributed by atoms with Crippen molar-refractivity contribution in [3.05, 3.63) is 76.0 Å². The van der Waals surface area contributed by atoms with E-state index in [-0.39, 0.29) is 29.6 Å². The van der Waals surface area contributed by atoms with Crippen molar-refractivity contribution in [2.45, 2.75) is 18.8 Å². The van der Waals surface area contributed by atoms with Gasteiger partial charge in [-0.05, 0) is 29.3 Å². The normalized spacial score (nSPS) is 11.4. The van der Waals surface area contributed by atoms with Crippen LogP contribution in [0.2, 0.25) is 0 Å². The van der Waals surface area contributed by atoms with Crippen LogP contribution in [0.4, 0.5) is 13.2 Å². The van der Waals surface area contributed by atoms with E-state index >= 15 is 0 Å². The minimum absolute atomic E-state index is 0.109. The summed E-state index contributed by atoms with van der Waals surface area (Å²) >= 11 is 1.01. The van der Waals surface area contributed by atoms with Crippen LogP contribution in [-0.2, 0) is 20.9 Å². The summed E-state index contributed by atoms with van der Waals surface area (Å²) in [5, 5.41) is 22.1. The second-order valence-corrected chi connectivity index (χ2v) is 8.71. The second kappa shape index (κ2) is 13.9. The predicted molar refractivity (Wildman–Crippen MR) is 135 cm³/mol. The Morgan fingerprint density at radius 3 is 2.21 bits per heavy atom. The van der Waals surface area contributed by atoms with Crippen LogP contribution in [-0.4, -0.2) is 59.8 Å². The highest BCUT2D eigenvalue weighted by Gasteiger charge is 2.38. The molecule has 6 N–H and O–H groups in total. The molecular weight excluding hydrogens is 543 g/mol. The van der Waals surface area contributed by atoms with Crippen molar-refractivity contribution in [3.8, 4) is 16.9 Å². The molecule has 1 heterocycles. The zero-order chi connectivity index (χ0) is 29.2. The molecule has 208 valence electrons. The molecule has 2 aromatic carbocycles. The molecule has 0 fully saturated rings. The number of aliphatic carboxylic acids is 1. The Morgan fingerprint density at radius 2 is 1.67 bits per heavy atom. The Kier molecular flexibility index (Phi) is 11.0. The summed E-state index contributed by atoms with van der Waals surface area (Å²) in [5.74, 6) is -4.19.